The second-order valence-electron chi connectivity index (χ2n) is 8.06. The average Bonchev–Trinajstić information content (AvgIpc) is 3.25. The molecule has 2 aromatic rings. The number of carbonyl (C=O) groups excluding carboxylic acids is 1. The van der Waals surface area contributed by atoms with Crippen LogP contribution in [0.2, 0.25) is 0 Å². The van der Waals surface area contributed by atoms with Crippen molar-refractivity contribution in [1.82, 2.24) is 4.90 Å². The van der Waals surface area contributed by atoms with E-state index in [-0.39, 0.29) is 30.9 Å². The van der Waals surface area contributed by atoms with Gasteiger partial charge in [0.2, 0.25) is 12.7 Å². The number of likely N-dealkylation sites (tertiary alicyclic amines) is 1. The Morgan fingerprint density at radius 1 is 1.16 bits per heavy atom. The van der Waals surface area contributed by atoms with Gasteiger partial charge in [-0.25, -0.2) is 0 Å². The maximum absolute atomic E-state index is 13.4. The van der Waals surface area contributed by atoms with Gasteiger partial charge in [0.15, 0.2) is 11.5 Å². The largest absolute Gasteiger partial charge is 0.507 e. The van der Waals surface area contributed by atoms with Gasteiger partial charge in [-0.05, 0) is 43.9 Å². The summed E-state index contributed by atoms with van der Waals surface area (Å²) in [4.78, 5) is 15.3. The van der Waals surface area contributed by atoms with Crippen LogP contribution in [-0.4, -0.2) is 49.5 Å². The Morgan fingerprint density at radius 3 is 2.71 bits per heavy atom. The molecule has 0 aliphatic carbocycles. The van der Waals surface area contributed by atoms with Crippen LogP contribution < -0.4 is 18.9 Å². The Morgan fingerprint density at radius 2 is 1.97 bits per heavy atom. The fraction of sp³-hybridized carbons (Fsp3) is 0.458. The third-order valence-corrected chi connectivity index (χ3v) is 6.20. The summed E-state index contributed by atoms with van der Waals surface area (Å²) in [5.41, 5.74) is 1.40. The quantitative estimate of drug-likeness (QED) is 0.749. The van der Waals surface area contributed by atoms with Crippen LogP contribution in [0.15, 0.2) is 30.3 Å². The van der Waals surface area contributed by atoms with E-state index in [1.165, 1.54) is 7.11 Å². The number of methoxy groups -OCH3 is 2. The lowest BCUT2D eigenvalue weighted by Gasteiger charge is -2.35. The van der Waals surface area contributed by atoms with Crippen LogP contribution in [0.4, 0.5) is 0 Å². The Labute approximate surface area is 182 Å². The first kappa shape index (κ1) is 21.2. The molecule has 2 aromatic carbocycles. The molecule has 7 nitrogen and oxygen atoms in total. The highest BCUT2D eigenvalue weighted by molar-refractivity contribution is 5.79. The Balaban J connectivity index is 1.75. The number of ether oxygens (including phenoxy) is 4. The molecule has 1 saturated heterocycles. The highest BCUT2D eigenvalue weighted by atomic mass is 16.7. The summed E-state index contributed by atoms with van der Waals surface area (Å²) in [7, 11) is 3.08. The van der Waals surface area contributed by atoms with Crippen molar-refractivity contribution in [2.75, 3.05) is 27.6 Å². The van der Waals surface area contributed by atoms with E-state index >= 15 is 0 Å². The van der Waals surface area contributed by atoms with E-state index in [0.717, 1.165) is 31.4 Å². The van der Waals surface area contributed by atoms with Gasteiger partial charge in [-0.15, -0.1) is 0 Å². The number of hydrogen-bond acceptors (Lipinski definition) is 6. The van der Waals surface area contributed by atoms with Gasteiger partial charge >= 0.3 is 0 Å². The Hall–Kier alpha value is -3.09. The molecule has 1 amide bonds. The normalized spacial score (nSPS) is 18.5. The number of carbonyl (C=O) groups is 1. The number of phenols is 1. The molecule has 2 atom stereocenters. The first-order valence-corrected chi connectivity index (χ1v) is 10.7. The molecular formula is C24H29NO6. The zero-order valence-corrected chi connectivity index (χ0v) is 18.2. The predicted octanol–water partition coefficient (Wildman–Crippen LogP) is 4.06. The third kappa shape index (κ3) is 4.22. The van der Waals surface area contributed by atoms with E-state index in [9.17, 15) is 9.90 Å². The zero-order chi connectivity index (χ0) is 22.0. The second-order valence-corrected chi connectivity index (χ2v) is 8.06. The summed E-state index contributed by atoms with van der Waals surface area (Å²) in [5, 5.41) is 10.9. The summed E-state index contributed by atoms with van der Waals surface area (Å²) in [6.45, 7) is 3.03. The lowest BCUT2D eigenvalue weighted by Crippen LogP contribution is -2.42. The number of hydrogen-bond donors (Lipinski definition) is 1. The van der Waals surface area contributed by atoms with Crippen LogP contribution in [0.1, 0.15) is 49.7 Å². The topological polar surface area (TPSA) is 77.5 Å². The molecule has 0 aromatic heterocycles. The number of piperidine rings is 1. The number of fused-ring (bicyclic) bond motifs is 1. The summed E-state index contributed by atoms with van der Waals surface area (Å²) < 4.78 is 21.9. The molecule has 0 bridgehead atoms. The molecule has 2 unspecified atom stereocenters. The third-order valence-electron chi connectivity index (χ3n) is 6.20. The minimum Gasteiger partial charge on any atom is -0.507 e. The molecule has 0 radical (unpaired) electrons. The van der Waals surface area contributed by atoms with E-state index in [2.05, 4.69) is 6.92 Å². The maximum atomic E-state index is 13.4. The van der Waals surface area contributed by atoms with Gasteiger partial charge < -0.3 is 29.0 Å². The molecule has 2 heterocycles. The number of phenolic OH excluding ortho intramolecular Hbond substituents is 1. The maximum Gasteiger partial charge on any atom is 0.231 e. The molecule has 166 valence electrons. The lowest BCUT2D eigenvalue weighted by molar-refractivity contribution is -0.134. The summed E-state index contributed by atoms with van der Waals surface area (Å²) in [6, 6.07) is 9.11. The van der Waals surface area contributed by atoms with Crippen LogP contribution in [0, 0.1) is 0 Å². The number of aromatic hydroxyl groups is 1. The van der Waals surface area contributed by atoms with Crippen LogP contribution >= 0.6 is 0 Å². The fourth-order valence-electron chi connectivity index (χ4n) is 4.50. The van der Waals surface area contributed by atoms with Crippen molar-refractivity contribution in [3.63, 3.8) is 0 Å². The van der Waals surface area contributed by atoms with E-state index < -0.39 is 5.92 Å². The van der Waals surface area contributed by atoms with Gasteiger partial charge in [-0.3, -0.25) is 4.79 Å². The molecule has 7 heteroatoms. The van der Waals surface area contributed by atoms with Gasteiger partial charge in [-0.1, -0.05) is 6.07 Å². The van der Waals surface area contributed by atoms with Gasteiger partial charge in [-0.2, -0.15) is 0 Å². The summed E-state index contributed by atoms with van der Waals surface area (Å²) in [6.07, 6.45) is 3.38. The van der Waals surface area contributed by atoms with E-state index in [0.29, 0.717) is 28.6 Å². The second kappa shape index (κ2) is 8.96. The molecule has 31 heavy (non-hydrogen) atoms. The Bertz CT molecular complexity index is 959. The SMILES string of the molecule is COc1cc(O)c(C(CC(=O)N2CCCCC2C)c2ccc3c(c2)OCO3)c(OC)c1. The van der Waals surface area contributed by atoms with Crippen molar-refractivity contribution < 1.29 is 28.8 Å². The number of amides is 1. The van der Waals surface area contributed by atoms with Gasteiger partial charge in [0.25, 0.3) is 0 Å². The van der Waals surface area contributed by atoms with E-state index in [1.807, 2.05) is 23.1 Å². The minimum atomic E-state index is -0.419. The van der Waals surface area contributed by atoms with Crippen LogP contribution in [0.25, 0.3) is 0 Å². The van der Waals surface area contributed by atoms with Gasteiger partial charge in [0, 0.05) is 42.6 Å². The van der Waals surface area contributed by atoms with E-state index in [1.54, 1.807) is 19.2 Å². The van der Waals surface area contributed by atoms with Gasteiger partial charge in [0.05, 0.1) is 14.2 Å². The number of nitrogens with zero attached hydrogens (tertiary/aromatic N) is 1. The van der Waals surface area contributed by atoms with E-state index in [4.69, 9.17) is 18.9 Å². The standard InChI is InChI=1S/C24H29NO6/c1-15-6-4-5-9-25(15)23(27)13-18(16-7-8-20-21(10-16)31-14-30-20)24-19(26)11-17(28-2)12-22(24)29-3/h7-8,10-12,15,18,26H,4-6,9,13-14H2,1-3H3. The van der Waals surface area contributed by atoms with Crippen molar-refractivity contribution >= 4 is 5.91 Å². The summed E-state index contributed by atoms with van der Waals surface area (Å²) in [5.74, 6) is 1.93. The first-order valence-electron chi connectivity index (χ1n) is 10.7. The molecule has 0 spiro atoms. The first-order chi connectivity index (χ1) is 15.0. The predicted molar refractivity (Wildman–Crippen MR) is 115 cm³/mol. The molecule has 0 saturated carbocycles. The highest BCUT2D eigenvalue weighted by Gasteiger charge is 2.31. The van der Waals surface area contributed by atoms with Crippen LogP contribution in [0.5, 0.6) is 28.7 Å². The van der Waals surface area contributed by atoms with Crippen molar-refractivity contribution in [1.29, 1.82) is 0 Å². The lowest BCUT2D eigenvalue weighted by atomic mass is 9.86. The monoisotopic (exact) mass is 427 g/mol. The van der Waals surface area contributed by atoms with Crippen molar-refractivity contribution in [2.45, 2.75) is 44.6 Å². The molecular weight excluding hydrogens is 398 g/mol. The van der Waals surface area contributed by atoms with Crippen LogP contribution in [0.3, 0.4) is 0 Å². The zero-order valence-electron chi connectivity index (χ0n) is 18.2. The smallest absolute Gasteiger partial charge is 0.231 e. The minimum absolute atomic E-state index is 0.0263. The van der Waals surface area contributed by atoms with Gasteiger partial charge in [0.1, 0.15) is 17.2 Å². The molecule has 1 N–H and O–H groups in total. The average molecular weight is 427 g/mol. The van der Waals surface area contributed by atoms with Crippen LogP contribution in [-0.2, 0) is 4.79 Å². The summed E-state index contributed by atoms with van der Waals surface area (Å²) >= 11 is 0. The molecule has 2 aliphatic heterocycles. The number of rotatable bonds is 6. The van der Waals surface area contributed by atoms with Crippen molar-refractivity contribution in [3.8, 4) is 28.7 Å². The van der Waals surface area contributed by atoms with Crippen molar-refractivity contribution in [3.05, 3.63) is 41.5 Å². The molecule has 2 aliphatic rings. The molecule has 4 rings (SSSR count). The highest BCUT2D eigenvalue weighted by Crippen LogP contribution is 2.45. The number of benzene rings is 2. The van der Waals surface area contributed by atoms with Crippen molar-refractivity contribution in [2.24, 2.45) is 0 Å². The fourth-order valence-corrected chi connectivity index (χ4v) is 4.50. The Kier molecular flexibility index (Phi) is 6.11. The molecule has 1 fully saturated rings.